The van der Waals surface area contributed by atoms with E-state index < -0.39 is 4.92 Å². The van der Waals surface area contributed by atoms with Crippen LogP contribution in [-0.4, -0.2) is 26.5 Å². The summed E-state index contributed by atoms with van der Waals surface area (Å²) in [6.07, 6.45) is 2.87. The largest absolute Gasteiger partial charge is 0.473 e. The van der Waals surface area contributed by atoms with Crippen LogP contribution in [0.15, 0.2) is 30.7 Å². The van der Waals surface area contributed by atoms with Gasteiger partial charge in [-0.1, -0.05) is 6.07 Å². The first-order valence-corrected chi connectivity index (χ1v) is 5.98. The van der Waals surface area contributed by atoms with E-state index in [2.05, 4.69) is 20.3 Å². The molecule has 2 aromatic rings. The van der Waals surface area contributed by atoms with Crippen LogP contribution in [0.3, 0.4) is 0 Å². The average molecular weight is 275 g/mol. The Balaban J connectivity index is 2.22. The molecule has 8 nitrogen and oxygen atoms in total. The van der Waals surface area contributed by atoms with Crippen molar-refractivity contribution in [1.29, 1.82) is 0 Å². The van der Waals surface area contributed by atoms with Crippen LogP contribution in [0, 0.1) is 10.1 Å². The molecule has 20 heavy (non-hydrogen) atoms. The molecule has 2 heterocycles. The highest BCUT2D eigenvalue weighted by Crippen LogP contribution is 2.30. The molecule has 0 aliphatic heterocycles. The first-order chi connectivity index (χ1) is 9.72. The van der Waals surface area contributed by atoms with Crippen LogP contribution >= 0.6 is 0 Å². The second-order valence-corrected chi connectivity index (χ2v) is 3.74. The van der Waals surface area contributed by atoms with Gasteiger partial charge in [-0.2, -0.15) is 4.98 Å². The normalized spacial score (nSPS) is 10.1. The molecule has 1 N–H and O–H groups in total. The van der Waals surface area contributed by atoms with Gasteiger partial charge in [0.2, 0.25) is 5.82 Å². The maximum absolute atomic E-state index is 11.1. The SMILES string of the molecule is CCOc1ncnc(NCc2ccccn2)c1[N+](=O)[O-]. The van der Waals surface area contributed by atoms with Gasteiger partial charge in [0.25, 0.3) is 5.88 Å². The molecule has 2 aromatic heterocycles. The summed E-state index contributed by atoms with van der Waals surface area (Å²) in [6, 6.07) is 5.44. The number of nitrogens with one attached hydrogen (secondary N) is 1. The molecule has 0 saturated carbocycles. The van der Waals surface area contributed by atoms with Crippen molar-refractivity contribution in [3.63, 3.8) is 0 Å². The highest BCUT2D eigenvalue weighted by atomic mass is 16.6. The standard InChI is InChI=1S/C12H13N5O3/c1-2-20-12-10(17(18)19)11(15-8-16-12)14-7-9-5-3-4-6-13-9/h3-6,8H,2,7H2,1H3,(H,14,15,16). The number of hydrogen-bond acceptors (Lipinski definition) is 7. The molecule has 0 radical (unpaired) electrons. The van der Waals surface area contributed by atoms with Crippen molar-refractivity contribution in [2.24, 2.45) is 0 Å². The van der Waals surface area contributed by atoms with Crippen LogP contribution in [0.2, 0.25) is 0 Å². The molecule has 0 bridgehead atoms. The van der Waals surface area contributed by atoms with Gasteiger partial charge in [0.1, 0.15) is 6.33 Å². The van der Waals surface area contributed by atoms with Gasteiger partial charge in [-0.3, -0.25) is 15.1 Å². The average Bonchev–Trinajstić information content (AvgIpc) is 2.46. The molecule has 0 fully saturated rings. The molecular formula is C12H13N5O3. The fraction of sp³-hybridized carbons (Fsp3) is 0.250. The smallest absolute Gasteiger partial charge is 0.372 e. The number of hydrogen-bond donors (Lipinski definition) is 1. The minimum Gasteiger partial charge on any atom is -0.473 e. The third kappa shape index (κ3) is 3.16. The van der Waals surface area contributed by atoms with E-state index in [9.17, 15) is 10.1 Å². The van der Waals surface area contributed by atoms with Crippen LogP contribution in [0.1, 0.15) is 12.6 Å². The number of aromatic nitrogens is 3. The van der Waals surface area contributed by atoms with E-state index in [4.69, 9.17) is 4.74 Å². The third-order valence-corrected chi connectivity index (χ3v) is 2.42. The Morgan fingerprint density at radius 3 is 2.85 bits per heavy atom. The second-order valence-electron chi connectivity index (χ2n) is 3.74. The molecule has 0 spiro atoms. The Kier molecular flexibility index (Phi) is 4.38. The van der Waals surface area contributed by atoms with Crippen LogP contribution in [0.4, 0.5) is 11.5 Å². The van der Waals surface area contributed by atoms with Gasteiger partial charge in [0.05, 0.1) is 23.8 Å². The van der Waals surface area contributed by atoms with Crippen LogP contribution < -0.4 is 10.1 Å². The van der Waals surface area contributed by atoms with E-state index in [0.29, 0.717) is 6.54 Å². The summed E-state index contributed by atoms with van der Waals surface area (Å²) in [6.45, 7) is 2.34. The van der Waals surface area contributed by atoms with Gasteiger partial charge in [-0.15, -0.1) is 0 Å². The van der Waals surface area contributed by atoms with E-state index in [1.54, 1.807) is 19.2 Å². The fourth-order valence-electron chi connectivity index (χ4n) is 1.58. The van der Waals surface area contributed by atoms with Crippen molar-refractivity contribution in [2.75, 3.05) is 11.9 Å². The molecule has 0 aliphatic rings. The first-order valence-electron chi connectivity index (χ1n) is 5.98. The van der Waals surface area contributed by atoms with Crippen molar-refractivity contribution in [3.05, 3.63) is 46.5 Å². The van der Waals surface area contributed by atoms with Crippen molar-refractivity contribution < 1.29 is 9.66 Å². The zero-order valence-corrected chi connectivity index (χ0v) is 10.8. The molecule has 0 aliphatic carbocycles. The number of anilines is 1. The molecule has 0 saturated heterocycles. The molecule has 8 heteroatoms. The van der Waals surface area contributed by atoms with Gasteiger partial charge in [0.15, 0.2) is 0 Å². The van der Waals surface area contributed by atoms with E-state index in [1.807, 2.05) is 12.1 Å². The van der Waals surface area contributed by atoms with E-state index in [1.165, 1.54) is 6.33 Å². The topological polar surface area (TPSA) is 103 Å². The number of ether oxygens (including phenoxy) is 1. The van der Waals surface area contributed by atoms with E-state index in [-0.39, 0.29) is 24.0 Å². The number of rotatable bonds is 6. The van der Waals surface area contributed by atoms with Crippen molar-refractivity contribution in [1.82, 2.24) is 15.0 Å². The molecule has 104 valence electrons. The van der Waals surface area contributed by atoms with Gasteiger partial charge < -0.3 is 10.1 Å². The van der Waals surface area contributed by atoms with Gasteiger partial charge >= 0.3 is 5.69 Å². The molecule has 0 amide bonds. The fourth-order valence-corrected chi connectivity index (χ4v) is 1.58. The van der Waals surface area contributed by atoms with Gasteiger partial charge in [-0.05, 0) is 19.1 Å². The first kappa shape index (κ1) is 13.7. The lowest BCUT2D eigenvalue weighted by Gasteiger charge is -2.08. The highest BCUT2D eigenvalue weighted by Gasteiger charge is 2.24. The Morgan fingerprint density at radius 1 is 1.35 bits per heavy atom. The Labute approximate surface area is 115 Å². The maximum atomic E-state index is 11.1. The molecule has 0 atom stereocenters. The highest BCUT2D eigenvalue weighted by molar-refractivity contribution is 5.61. The lowest BCUT2D eigenvalue weighted by molar-refractivity contribution is -0.385. The van der Waals surface area contributed by atoms with Crippen molar-refractivity contribution >= 4 is 11.5 Å². The zero-order valence-electron chi connectivity index (χ0n) is 10.8. The maximum Gasteiger partial charge on any atom is 0.372 e. The minimum absolute atomic E-state index is 0.0454. The molecule has 0 aromatic carbocycles. The summed E-state index contributed by atoms with van der Waals surface area (Å²) in [5.41, 5.74) is 0.476. The monoisotopic (exact) mass is 275 g/mol. The van der Waals surface area contributed by atoms with E-state index in [0.717, 1.165) is 5.69 Å². The van der Waals surface area contributed by atoms with Crippen LogP contribution in [0.5, 0.6) is 5.88 Å². The summed E-state index contributed by atoms with van der Waals surface area (Å²) in [5, 5.41) is 14.0. The number of nitrogens with zero attached hydrogens (tertiary/aromatic N) is 4. The van der Waals surface area contributed by atoms with E-state index >= 15 is 0 Å². The Morgan fingerprint density at radius 2 is 2.20 bits per heavy atom. The summed E-state index contributed by atoms with van der Waals surface area (Å²) >= 11 is 0. The Bertz CT molecular complexity index is 591. The molecule has 0 unspecified atom stereocenters. The number of nitro groups is 1. The van der Waals surface area contributed by atoms with Gasteiger partial charge in [-0.25, -0.2) is 4.98 Å². The quantitative estimate of drug-likeness (QED) is 0.633. The van der Waals surface area contributed by atoms with Crippen molar-refractivity contribution in [3.8, 4) is 5.88 Å². The molecular weight excluding hydrogens is 262 g/mol. The molecule has 2 rings (SSSR count). The van der Waals surface area contributed by atoms with Crippen LogP contribution in [-0.2, 0) is 6.54 Å². The summed E-state index contributed by atoms with van der Waals surface area (Å²) in [5.74, 6) is 0.0649. The van der Waals surface area contributed by atoms with Crippen LogP contribution in [0.25, 0.3) is 0 Å². The summed E-state index contributed by atoms with van der Waals surface area (Å²) < 4.78 is 5.14. The minimum atomic E-state index is -0.564. The number of pyridine rings is 1. The van der Waals surface area contributed by atoms with Gasteiger partial charge in [0, 0.05) is 6.20 Å². The second kappa shape index (κ2) is 6.41. The summed E-state index contributed by atoms with van der Waals surface area (Å²) in [7, 11) is 0. The predicted molar refractivity (Wildman–Crippen MR) is 71.4 cm³/mol. The lowest BCUT2D eigenvalue weighted by atomic mass is 10.3. The third-order valence-electron chi connectivity index (χ3n) is 2.42. The lowest BCUT2D eigenvalue weighted by Crippen LogP contribution is -2.08. The zero-order chi connectivity index (χ0) is 14.4. The summed E-state index contributed by atoms with van der Waals surface area (Å²) in [4.78, 5) is 22.3. The predicted octanol–water partition coefficient (Wildman–Crippen LogP) is 1.79. The van der Waals surface area contributed by atoms with Crippen molar-refractivity contribution in [2.45, 2.75) is 13.5 Å². The Hall–Kier alpha value is -2.77.